The lowest BCUT2D eigenvalue weighted by molar-refractivity contribution is 0.142. The van der Waals surface area contributed by atoms with Gasteiger partial charge in [-0.25, -0.2) is 0 Å². The number of benzene rings is 1. The average Bonchev–Trinajstić information content (AvgIpc) is 2.44. The molecular weight excluding hydrogens is 236 g/mol. The van der Waals surface area contributed by atoms with Gasteiger partial charge in [0.15, 0.2) is 0 Å². The monoisotopic (exact) mass is 258 g/mol. The zero-order chi connectivity index (χ0) is 13.5. The Bertz CT molecular complexity index is 508. The fourth-order valence-electron chi connectivity index (χ4n) is 2.31. The van der Waals surface area contributed by atoms with Crippen molar-refractivity contribution in [2.24, 2.45) is 5.73 Å². The predicted octanol–water partition coefficient (Wildman–Crippen LogP) is 2.92. The Labute approximate surface area is 114 Å². The summed E-state index contributed by atoms with van der Waals surface area (Å²) in [6.45, 7) is 3.61. The van der Waals surface area contributed by atoms with Crippen LogP contribution in [0.5, 0.6) is 0 Å². The van der Waals surface area contributed by atoms with Gasteiger partial charge in [-0.15, -0.1) is 0 Å². The van der Waals surface area contributed by atoms with Gasteiger partial charge in [0.05, 0.1) is 5.52 Å². The normalized spacial score (nSPS) is 12.7. The molecule has 0 saturated carbocycles. The zero-order valence-corrected chi connectivity index (χ0v) is 11.5. The fraction of sp³-hybridized carbons (Fsp3) is 0.438. The number of pyridine rings is 1. The van der Waals surface area contributed by atoms with E-state index in [1.54, 1.807) is 0 Å². The summed E-state index contributed by atoms with van der Waals surface area (Å²) in [4.78, 5) is 4.37. The minimum atomic E-state index is 0.186. The predicted molar refractivity (Wildman–Crippen MR) is 79.1 cm³/mol. The second kappa shape index (κ2) is 7.22. The average molecular weight is 258 g/mol. The highest BCUT2D eigenvalue weighted by molar-refractivity contribution is 5.81. The van der Waals surface area contributed by atoms with Crippen LogP contribution in [-0.2, 0) is 11.2 Å². The highest BCUT2D eigenvalue weighted by atomic mass is 16.5. The topological polar surface area (TPSA) is 48.1 Å². The van der Waals surface area contributed by atoms with Crippen LogP contribution in [0, 0.1) is 0 Å². The Morgan fingerprint density at radius 3 is 2.95 bits per heavy atom. The summed E-state index contributed by atoms with van der Waals surface area (Å²) in [5, 5.41) is 1.21. The molecule has 1 atom stereocenters. The molecule has 0 radical (unpaired) electrons. The molecule has 0 amide bonds. The maximum Gasteiger partial charge on any atom is 0.0704 e. The number of para-hydroxylation sites is 1. The number of nitrogens with two attached hydrogens (primary N) is 1. The van der Waals surface area contributed by atoms with E-state index >= 15 is 0 Å². The number of hydrogen-bond donors (Lipinski definition) is 1. The first-order chi connectivity index (χ1) is 9.31. The van der Waals surface area contributed by atoms with Crippen molar-refractivity contribution >= 4 is 10.9 Å². The molecule has 1 aromatic carbocycles. The van der Waals surface area contributed by atoms with Gasteiger partial charge < -0.3 is 10.5 Å². The molecular formula is C16H22N2O. The van der Waals surface area contributed by atoms with Crippen molar-refractivity contribution in [2.75, 3.05) is 13.2 Å². The summed E-state index contributed by atoms with van der Waals surface area (Å²) in [5.41, 5.74) is 8.53. The maximum absolute atomic E-state index is 6.20. The van der Waals surface area contributed by atoms with E-state index < -0.39 is 0 Å². The molecule has 0 aliphatic heterocycles. The quantitative estimate of drug-likeness (QED) is 0.777. The number of ether oxygens (including phenoxy) is 1. The Hall–Kier alpha value is -1.45. The second-order valence-corrected chi connectivity index (χ2v) is 4.79. The van der Waals surface area contributed by atoms with Gasteiger partial charge in [-0.2, -0.15) is 0 Å². The summed E-state index contributed by atoms with van der Waals surface area (Å²) in [6, 6.07) is 10.5. The molecule has 19 heavy (non-hydrogen) atoms. The van der Waals surface area contributed by atoms with E-state index in [2.05, 4.69) is 17.1 Å². The van der Waals surface area contributed by atoms with Crippen molar-refractivity contribution in [3.63, 3.8) is 0 Å². The van der Waals surface area contributed by atoms with Crippen LogP contribution in [0.2, 0.25) is 0 Å². The third-order valence-electron chi connectivity index (χ3n) is 3.29. The molecule has 0 spiro atoms. The summed E-state index contributed by atoms with van der Waals surface area (Å²) >= 11 is 0. The molecule has 0 bridgehead atoms. The number of aromatic nitrogens is 1. The standard InChI is InChI=1S/C16H22N2O/c1-2-19-11-5-6-14(17)12-13-9-10-18-16-8-4-3-7-15(13)16/h3-4,7-10,14H,2,5-6,11-12,17H2,1H3. The first kappa shape index (κ1) is 14.0. The molecule has 1 heterocycles. The largest absolute Gasteiger partial charge is 0.382 e. The minimum absolute atomic E-state index is 0.186. The highest BCUT2D eigenvalue weighted by Crippen LogP contribution is 2.18. The molecule has 0 saturated heterocycles. The molecule has 3 nitrogen and oxygen atoms in total. The molecule has 0 fully saturated rings. The zero-order valence-electron chi connectivity index (χ0n) is 11.5. The van der Waals surface area contributed by atoms with Gasteiger partial charge in [0.1, 0.15) is 0 Å². The molecule has 1 unspecified atom stereocenters. The van der Waals surface area contributed by atoms with E-state index in [0.29, 0.717) is 0 Å². The molecule has 2 N–H and O–H groups in total. The van der Waals surface area contributed by atoms with Crippen molar-refractivity contribution in [1.82, 2.24) is 4.98 Å². The Balaban J connectivity index is 1.97. The van der Waals surface area contributed by atoms with Crippen molar-refractivity contribution in [1.29, 1.82) is 0 Å². The van der Waals surface area contributed by atoms with E-state index in [0.717, 1.165) is 38.0 Å². The lowest BCUT2D eigenvalue weighted by Crippen LogP contribution is -2.23. The summed E-state index contributed by atoms with van der Waals surface area (Å²) in [7, 11) is 0. The van der Waals surface area contributed by atoms with Crippen LogP contribution in [-0.4, -0.2) is 24.2 Å². The van der Waals surface area contributed by atoms with Crippen LogP contribution in [0.3, 0.4) is 0 Å². The van der Waals surface area contributed by atoms with Crippen molar-refractivity contribution in [3.05, 3.63) is 42.1 Å². The van der Waals surface area contributed by atoms with Crippen molar-refractivity contribution < 1.29 is 4.74 Å². The van der Waals surface area contributed by atoms with Crippen LogP contribution in [0.1, 0.15) is 25.3 Å². The van der Waals surface area contributed by atoms with Gasteiger partial charge in [0.25, 0.3) is 0 Å². The van der Waals surface area contributed by atoms with Gasteiger partial charge in [0.2, 0.25) is 0 Å². The molecule has 2 rings (SSSR count). The molecule has 1 aromatic heterocycles. The number of hydrogen-bond acceptors (Lipinski definition) is 3. The van der Waals surface area contributed by atoms with Gasteiger partial charge >= 0.3 is 0 Å². The Kier molecular flexibility index (Phi) is 5.31. The molecule has 0 aliphatic carbocycles. The van der Waals surface area contributed by atoms with Crippen molar-refractivity contribution in [3.8, 4) is 0 Å². The second-order valence-electron chi connectivity index (χ2n) is 4.79. The number of rotatable bonds is 7. The third kappa shape index (κ3) is 4.01. The van der Waals surface area contributed by atoms with Gasteiger partial charge in [-0.05, 0) is 43.9 Å². The van der Waals surface area contributed by atoms with E-state index in [1.807, 2.05) is 31.3 Å². The van der Waals surface area contributed by atoms with Crippen LogP contribution >= 0.6 is 0 Å². The SMILES string of the molecule is CCOCCCC(N)Cc1ccnc2ccccc12. The molecule has 2 aromatic rings. The number of fused-ring (bicyclic) bond motifs is 1. The van der Waals surface area contributed by atoms with Gasteiger partial charge in [-0.1, -0.05) is 18.2 Å². The van der Waals surface area contributed by atoms with Crippen LogP contribution < -0.4 is 5.73 Å². The van der Waals surface area contributed by atoms with Crippen LogP contribution in [0.15, 0.2) is 36.5 Å². The summed E-state index contributed by atoms with van der Waals surface area (Å²) in [6.07, 6.45) is 4.79. The molecule has 102 valence electrons. The first-order valence-corrected chi connectivity index (χ1v) is 6.97. The van der Waals surface area contributed by atoms with Crippen LogP contribution in [0.4, 0.5) is 0 Å². The first-order valence-electron chi connectivity index (χ1n) is 6.97. The fourth-order valence-corrected chi connectivity index (χ4v) is 2.31. The third-order valence-corrected chi connectivity index (χ3v) is 3.29. The number of nitrogens with zero attached hydrogens (tertiary/aromatic N) is 1. The van der Waals surface area contributed by atoms with Crippen molar-refractivity contribution in [2.45, 2.75) is 32.2 Å². The van der Waals surface area contributed by atoms with E-state index in [9.17, 15) is 0 Å². The Morgan fingerprint density at radius 2 is 2.11 bits per heavy atom. The smallest absolute Gasteiger partial charge is 0.0704 e. The summed E-state index contributed by atoms with van der Waals surface area (Å²) < 4.78 is 5.34. The summed E-state index contributed by atoms with van der Waals surface area (Å²) in [5.74, 6) is 0. The Morgan fingerprint density at radius 1 is 1.26 bits per heavy atom. The van der Waals surface area contributed by atoms with Gasteiger partial charge in [-0.3, -0.25) is 4.98 Å². The molecule has 3 heteroatoms. The van der Waals surface area contributed by atoms with E-state index in [-0.39, 0.29) is 6.04 Å². The molecule has 0 aliphatic rings. The van der Waals surface area contributed by atoms with E-state index in [4.69, 9.17) is 10.5 Å². The van der Waals surface area contributed by atoms with Crippen LogP contribution in [0.25, 0.3) is 10.9 Å². The maximum atomic E-state index is 6.20. The van der Waals surface area contributed by atoms with E-state index in [1.165, 1.54) is 10.9 Å². The highest BCUT2D eigenvalue weighted by Gasteiger charge is 2.07. The minimum Gasteiger partial charge on any atom is -0.382 e. The lowest BCUT2D eigenvalue weighted by atomic mass is 10.00. The lowest BCUT2D eigenvalue weighted by Gasteiger charge is -2.13. The van der Waals surface area contributed by atoms with Gasteiger partial charge in [0, 0.05) is 30.8 Å².